The van der Waals surface area contributed by atoms with E-state index in [0.29, 0.717) is 0 Å². The molecule has 3 rings (SSSR count). The summed E-state index contributed by atoms with van der Waals surface area (Å²) in [4.78, 5) is 17.1. The Kier molecular flexibility index (Phi) is 3.77. The van der Waals surface area contributed by atoms with Crippen LogP contribution in [-0.2, 0) is 4.84 Å². The van der Waals surface area contributed by atoms with Gasteiger partial charge in [0.25, 0.3) is 0 Å². The fourth-order valence-electron chi connectivity index (χ4n) is 2.36. The quantitative estimate of drug-likeness (QED) is 0.708. The number of carbonyl (C=O) groups is 1. The summed E-state index contributed by atoms with van der Waals surface area (Å²) in [6.45, 7) is 0. The Balaban J connectivity index is 2.27. The number of hydrogen-bond acceptors (Lipinski definition) is 2. The molecule has 4 nitrogen and oxygen atoms in total. The number of carbonyl (C=O) groups excluding carboxylic acids is 1. The van der Waals surface area contributed by atoms with Crippen LogP contribution in [0.15, 0.2) is 59.1 Å². The fourth-order valence-corrected chi connectivity index (χ4v) is 2.74. The summed E-state index contributed by atoms with van der Waals surface area (Å²) in [7, 11) is 1.42. The lowest BCUT2D eigenvalue weighted by Crippen LogP contribution is -2.27. The third-order valence-corrected chi connectivity index (χ3v) is 3.72. The van der Waals surface area contributed by atoms with Gasteiger partial charge in [-0.05, 0) is 29.8 Å². The van der Waals surface area contributed by atoms with Crippen LogP contribution >= 0.6 is 15.9 Å². The molecule has 1 N–H and O–H groups in total. The minimum atomic E-state index is -0.325. The van der Waals surface area contributed by atoms with E-state index in [1.54, 1.807) is 4.57 Å². The molecule has 3 aromatic rings. The van der Waals surface area contributed by atoms with Crippen LogP contribution in [0, 0.1) is 0 Å². The molecule has 1 heterocycles. The average molecular weight is 345 g/mol. The summed E-state index contributed by atoms with van der Waals surface area (Å²) < 4.78 is 2.58. The Morgan fingerprint density at radius 2 is 1.90 bits per heavy atom. The van der Waals surface area contributed by atoms with E-state index >= 15 is 0 Å². The second kappa shape index (κ2) is 5.71. The smallest absolute Gasteiger partial charge is 0.275 e. The number of rotatable bonds is 2. The third-order valence-electron chi connectivity index (χ3n) is 3.23. The van der Waals surface area contributed by atoms with E-state index in [1.807, 2.05) is 54.6 Å². The maximum Gasteiger partial charge on any atom is 0.350 e. The van der Waals surface area contributed by atoms with E-state index in [2.05, 4.69) is 21.4 Å². The molecule has 0 spiro atoms. The molecule has 0 bridgehead atoms. The number of amides is 1. The van der Waals surface area contributed by atoms with E-state index < -0.39 is 0 Å². The van der Waals surface area contributed by atoms with Gasteiger partial charge < -0.3 is 0 Å². The van der Waals surface area contributed by atoms with Crippen molar-refractivity contribution in [3.63, 3.8) is 0 Å². The number of hydrogen-bond donors (Lipinski definition) is 1. The first-order valence-electron chi connectivity index (χ1n) is 6.40. The van der Waals surface area contributed by atoms with Gasteiger partial charge in [0.15, 0.2) is 0 Å². The third kappa shape index (κ3) is 2.57. The number of benzene rings is 2. The van der Waals surface area contributed by atoms with Gasteiger partial charge in [0, 0.05) is 9.86 Å². The van der Waals surface area contributed by atoms with Gasteiger partial charge in [0.1, 0.15) is 0 Å². The molecule has 0 aliphatic rings. The molecule has 0 aliphatic heterocycles. The zero-order valence-electron chi connectivity index (χ0n) is 11.3. The number of halogens is 1. The Labute approximate surface area is 130 Å². The van der Waals surface area contributed by atoms with Gasteiger partial charge in [0.05, 0.1) is 18.3 Å². The molecule has 21 heavy (non-hydrogen) atoms. The van der Waals surface area contributed by atoms with Crippen molar-refractivity contribution in [2.45, 2.75) is 0 Å². The van der Waals surface area contributed by atoms with Crippen molar-refractivity contribution in [2.24, 2.45) is 0 Å². The second-order valence-corrected chi connectivity index (χ2v) is 5.46. The van der Waals surface area contributed by atoms with Crippen LogP contribution in [0.5, 0.6) is 0 Å². The predicted octanol–water partition coefficient (Wildman–Crippen LogP) is 4.19. The van der Waals surface area contributed by atoms with Gasteiger partial charge in [-0.3, -0.25) is 9.40 Å². The zero-order valence-corrected chi connectivity index (χ0v) is 12.9. The topological polar surface area (TPSA) is 43.3 Å². The minimum absolute atomic E-state index is 0.325. The lowest BCUT2D eigenvalue weighted by atomic mass is 10.1. The normalized spacial score (nSPS) is 10.8. The van der Waals surface area contributed by atoms with Crippen LogP contribution < -0.4 is 5.48 Å². The molecule has 0 radical (unpaired) electrons. The molecule has 1 amide bonds. The molecule has 0 atom stereocenters. The predicted molar refractivity (Wildman–Crippen MR) is 86.0 cm³/mol. The molecule has 0 aliphatic carbocycles. The maximum absolute atomic E-state index is 12.3. The zero-order chi connectivity index (χ0) is 14.8. The van der Waals surface area contributed by atoms with Crippen molar-refractivity contribution >= 4 is 32.9 Å². The Hall–Kier alpha value is -2.11. The maximum atomic E-state index is 12.3. The summed E-state index contributed by atoms with van der Waals surface area (Å²) in [5.74, 6) is 0. The van der Waals surface area contributed by atoms with Crippen LogP contribution in [0.2, 0.25) is 0 Å². The lowest BCUT2D eigenvalue weighted by Gasteiger charge is -2.09. The molecule has 2 aromatic carbocycles. The molecule has 0 saturated heterocycles. The first kappa shape index (κ1) is 13.9. The van der Waals surface area contributed by atoms with E-state index in [4.69, 9.17) is 4.84 Å². The standard InChI is InChI=1S/C16H13BrN2O2/c1-21-18-16(20)19-14-8-7-13(17)9-12(14)10-15(19)11-5-3-2-4-6-11/h2-10H,1H3,(H,18,20). The number of hydroxylamine groups is 1. The van der Waals surface area contributed by atoms with Crippen LogP contribution in [-0.4, -0.2) is 17.7 Å². The van der Waals surface area contributed by atoms with E-state index in [-0.39, 0.29) is 6.03 Å². The Morgan fingerprint density at radius 1 is 1.14 bits per heavy atom. The largest absolute Gasteiger partial charge is 0.350 e. The first-order chi connectivity index (χ1) is 10.2. The number of aromatic nitrogens is 1. The van der Waals surface area contributed by atoms with Crippen molar-refractivity contribution in [3.05, 3.63) is 59.1 Å². The van der Waals surface area contributed by atoms with Gasteiger partial charge in [-0.15, -0.1) is 0 Å². The van der Waals surface area contributed by atoms with Gasteiger partial charge in [-0.25, -0.2) is 10.3 Å². The average Bonchev–Trinajstić information content (AvgIpc) is 2.87. The molecular formula is C16H13BrN2O2. The fraction of sp³-hybridized carbons (Fsp3) is 0.0625. The summed E-state index contributed by atoms with van der Waals surface area (Å²) in [6, 6.07) is 17.2. The number of nitrogens with one attached hydrogen (secondary N) is 1. The Bertz CT molecular complexity index is 797. The van der Waals surface area contributed by atoms with E-state index in [1.165, 1.54) is 7.11 Å². The van der Waals surface area contributed by atoms with Crippen molar-refractivity contribution in [2.75, 3.05) is 7.11 Å². The summed E-state index contributed by atoms with van der Waals surface area (Å²) in [5.41, 5.74) is 4.99. The van der Waals surface area contributed by atoms with Crippen LogP contribution in [0.1, 0.15) is 0 Å². The lowest BCUT2D eigenvalue weighted by molar-refractivity contribution is 0.109. The molecule has 5 heteroatoms. The van der Waals surface area contributed by atoms with Crippen molar-refractivity contribution < 1.29 is 9.63 Å². The highest BCUT2D eigenvalue weighted by atomic mass is 79.9. The summed E-state index contributed by atoms with van der Waals surface area (Å²) in [6.07, 6.45) is 0. The van der Waals surface area contributed by atoms with Crippen molar-refractivity contribution in [1.29, 1.82) is 0 Å². The summed E-state index contributed by atoms with van der Waals surface area (Å²) in [5, 5.41) is 0.981. The SMILES string of the molecule is CONC(=O)n1c(-c2ccccc2)cc2cc(Br)ccc21. The van der Waals surface area contributed by atoms with Gasteiger partial charge in [-0.1, -0.05) is 46.3 Å². The molecular weight excluding hydrogens is 332 g/mol. The molecule has 0 fully saturated rings. The van der Waals surface area contributed by atoms with Crippen molar-refractivity contribution in [3.8, 4) is 11.3 Å². The van der Waals surface area contributed by atoms with Gasteiger partial charge >= 0.3 is 6.03 Å². The Morgan fingerprint density at radius 3 is 2.62 bits per heavy atom. The van der Waals surface area contributed by atoms with Gasteiger partial charge in [0.2, 0.25) is 0 Å². The van der Waals surface area contributed by atoms with Crippen LogP contribution in [0.4, 0.5) is 4.79 Å². The highest BCUT2D eigenvalue weighted by Gasteiger charge is 2.16. The number of nitrogens with zero attached hydrogens (tertiary/aromatic N) is 1. The molecule has 0 saturated carbocycles. The first-order valence-corrected chi connectivity index (χ1v) is 7.20. The highest BCUT2D eigenvalue weighted by Crippen LogP contribution is 2.29. The molecule has 1 aromatic heterocycles. The molecule has 106 valence electrons. The van der Waals surface area contributed by atoms with E-state index in [9.17, 15) is 4.79 Å². The van der Waals surface area contributed by atoms with Gasteiger partial charge in [-0.2, -0.15) is 0 Å². The molecule has 0 unspecified atom stereocenters. The second-order valence-electron chi connectivity index (χ2n) is 4.55. The minimum Gasteiger partial charge on any atom is -0.275 e. The van der Waals surface area contributed by atoms with E-state index in [0.717, 1.165) is 26.6 Å². The monoisotopic (exact) mass is 344 g/mol. The van der Waals surface area contributed by atoms with Crippen LogP contribution in [0.3, 0.4) is 0 Å². The highest BCUT2D eigenvalue weighted by molar-refractivity contribution is 9.10. The van der Waals surface area contributed by atoms with Crippen molar-refractivity contribution in [1.82, 2.24) is 10.0 Å². The van der Waals surface area contributed by atoms with Crippen LogP contribution in [0.25, 0.3) is 22.2 Å². The number of fused-ring (bicyclic) bond motifs is 1. The summed E-state index contributed by atoms with van der Waals surface area (Å²) >= 11 is 3.46.